The third-order valence-corrected chi connectivity index (χ3v) is 3.42. The minimum Gasteiger partial charge on any atom is -0.381 e. The Labute approximate surface area is 116 Å². The maximum atomic E-state index is 9.45. The van der Waals surface area contributed by atoms with Crippen molar-refractivity contribution in [3.8, 4) is 6.07 Å². The molecule has 3 heterocycles. The summed E-state index contributed by atoms with van der Waals surface area (Å²) >= 11 is 0. The van der Waals surface area contributed by atoms with Gasteiger partial charge >= 0.3 is 0 Å². The summed E-state index contributed by atoms with van der Waals surface area (Å²) < 4.78 is 5.30. The average molecular weight is 270 g/mol. The second kappa shape index (κ2) is 5.31. The van der Waals surface area contributed by atoms with Crippen molar-refractivity contribution in [3.63, 3.8) is 0 Å². The Morgan fingerprint density at radius 2 is 2.20 bits per heavy atom. The van der Waals surface area contributed by atoms with Crippen LogP contribution in [0, 0.1) is 16.7 Å². The second-order valence-electron chi connectivity index (χ2n) is 4.71. The molecule has 6 nitrogen and oxygen atoms in total. The number of hydroxylamine groups is 1. The molecule has 0 atom stereocenters. The molecule has 1 N–H and O–H groups in total. The van der Waals surface area contributed by atoms with E-state index in [0.717, 1.165) is 5.69 Å². The fourth-order valence-corrected chi connectivity index (χ4v) is 2.22. The van der Waals surface area contributed by atoms with E-state index in [1.165, 1.54) is 0 Å². The Bertz CT molecular complexity index is 583. The van der Waals surface area contributed by atoms with Crippen LogP contribution in [0.4, 0.5) is 0 Å². The van der Waals surface area contributed by atoms with Crippen LogP contribution in [0.25, 0.3) is 6.08 Å². The van der Waals surface area contributed by atoms with Crippen LogP contribution in [0.5, 0.6) is 0 Å². The molecule has 102 valence electrons. The molecule has 3 rings (SSSR count). The summed E-state index contributed by atoms with van der Waals surface area (Å²) in [6.07, 6.45) is 4.68. The normalized spacial score (nSPS) is 22.6. The van der Waals surface area contributed by atoms with E-state index < -0.39 is 5.41 Å². The van der Waals surface area contributed by atoms with Crippen LogP contribution in [0.3, 0.4) is 0 Å². The maximum Gasteiger partial charge on any atom is 0.244 e. The van der Waals surface area contributed by atoms with E-state index in [1.807, 2.05) is 18.2 Å². The van der Waals surface area contributed by atoms with Gasteiger partial charge in [-0.15, -0.1) is 0 Å². The van der Waals surface area contributed by atoms with Crippen LogP contribution in [0.2, 0.25) is 0 Å². The average Bonchev–Trinajstić information content (AvgIpc) is 2.98. The molecule has 2 aliphatic rings. The third kappa shape index (κ3) is 2.36. The first-order valence-corrected chi connectivity index (χ1v) is 6.46. The lowest BCUT2D eigenvalue weighted by molar-refractivity contribution is 0.0531. The van der Waals surface area contributed by atoms with Crippen molar-refractivity contribution in [3.05, 3.63) is 35.9 Å². The lowest BCUT2D eigenvalue weighted by Crippen LogP contribution is -2.37. The summed E-state index contributed by atoms with van der Waals surface area (Å²) in [6.45, 7) is 1.10. The molecule has 1 saturated heterocycles. The van der Waals surface area contributed by atoms with E-state index in [0.29, 0.717) is 37.8 Å². The van der Waals surface area contributed by atoms with Crippen molar-refractivity contribution in [1.82, 2.24) is 10.5 Å². The highest BCUT2D eigenvalue weighted by Gasteiger charge is 2.42. The summed E-state index contributed by atoms with van der Waals surface area (Å²) in [5, 5.41) is 9.45. The highest BCUT2D eigenvalue weighted by Crippen LogP contribution is 2.33. The highest BCUT2D eigenvalue weighted by molar-refractivity contribution is 5.88. The monoisotopic (exact) mass is 270 g/mol. The molecule has 0 aliphatic carbocycles. The molecule has 0 saturated carbocycles. The molecule has 0 aromatic carbocycles. The minimum absolute atomic E-state index is 0.422. The number of hydrogen-bond acceptors (Lipinski definition) is 6. The van der Waals surface area contributed by atoms with Crippen LogP contribution in [-0.4, -0.2) is 24.1 Å². The third-order valence-electron chi connectivity index (χ3n) is 3.42. The molecule has 1 aromatic rings. The van der Waals surface area contributed by atoms with Gasteiger partial charge in [-0.3, -0.25) is 4.98 Å². The van der Waals surface area contributed by atoms with Gasteiger partial charge in [-0.25, -0.2) is 5.48 Å². The van der Waals surface area contributed by atoms with Crippen LogP contribution < -0.4 is 5.48 Å². The number of ether oxygens (including phenoxy) is 1. The van der Waals surface area contributed by atoms with Crippen molar-refractivity contribution in [2.24, 2.45) is 10.4 Å². The van der Waals surface area contributed by atoms with Crippen molar-refractivity contribution in [2.45, 2.75) is 12.8 Å². The number of nitrogens with zero attached hydrogens (tertiary/aromatic N) is 3. The number of nitrogens with one attached hydrogen (secondary N) is 1. The number of rotatable bonds is 2. The Balaban J connectivity index is 1.84. The summed E-state index contributed by atoms with van der Waals surface area (Å²) in [5.74, 6) is 0.977. The van der Waals surface area contributed by atoms with Crippen molar-refractivity contribution in [2.75, 3.05) is 13.2 Å². The first-order chi connectivity index (χ1) is 9.82. The molecule has 1 aromatic heterocycles. The van der Waals surface area contributed by atoms with Gasteiger partial charge in [0.1, 0.15) is 5.41 Å². The minimum atomic E-state index is -0.690. The summed E-state index contributed by atoms with van der Waals surface area (Å²) in [5.41, 5.74) is 2.83. The van der Waals surface area contributed by atoms with Crippen LogP contribution in [-0.2, 0) is 9.57 Å². The van der Waals surface area contributed by atoms with E-state index in [-0.39, 0.29) is 0 Å². The zero-order chi connectivity index (χ0) is 13.8. The predicted molar refractivity (Wildman–Crippen MR) is 72.0 cm³/mol. The summed E-state index contributed by atoms with van der Waals surface area (Å²) in [6, 6.07) is 7.94. The van der Waals surface area contributed by atoms with Gasteiger partial charge in [0, 0.05) is 25.5 Å². The molecular weight excluding hydrogens is 256 g/mol. The van der Waals surface area contributed by atoms with Gasteiger partial charge in [-0.1, -0.05) is 6.07 Å². The Morgan fingerprint density at radius 3 is 2.90 bits per heavy atom. The topological polar surface area (TPSA) is 79.5 Å². The van der Waals surface area contributed by atoms with Crippen LogP contribution >= 0.6 is 0 Å². The fraction of sp³-hybridized carbons (Fsp3) is 0.357. The fourth-order valence-electron chi connectivity index (χ4n) is 2.22. The lowest BCUT2D eigenvalue weighted by atomic mass is 9.81. The number of hydrogen-bond donors (Lipinski definition) is 1. The molecule has 1 fully saturated rings. The smallest absolute Gasteiger partial charge is 0.244 e. The molecule has 6 heteroatoms. The number of aromatic nitrogens is 1. The number of aliphatic imine (C=N–C) groups is 1. The molecule has 0 radical (unpaired) electrons. The van der Waals surface area contributed by atoms with Gasteiger partial charge in [-0.05, 0) is 25.0 Å². The Kier molecular flexibility index (Phi) is 3.35. The molecule has 0 unspecified atom stereocenters. The van der Waals surface area contributed by atoms with Crippen molar-refractivity contribution in [1.29, 1.82) is 5.26 Å². The highest BCUT2D eigenvalue weighted by atomic mass is 16.7. The maximum absolute atomic E-state index is 9.45. The summed E-state index contributed by atoms with van der Waals surface area (Å²) in [4.78, 5) is 14.0. The first-order valence-electron chi connectivity index (χ1n) is 6.46. The van der Waals surface area contributed by atoms with Crippen molar-refractivity contribution >= 4 is 12.0 Å². The van der Waals surface area contributed by atoms with Gasteiger partial charge in [0.05, 0.1) is 11.8 Å². The van der Waals surface area contributed by atoms with E-state index >= 15 is 0 Å². The number of nitriles is 1. The van der Waals surface area contributed by atoms with E-state index in [1.54, 1.807) is 12.3 Å². The summed E-state index contributed by atoms with van der Waals surface area (Å²) in [7, 11) is 0. The largest absolute Gasteiger partial charge is 0.381 e. The quantitative estimate of drug-likeness (QED) is 0.883. The SMILES string of the molecule is N#CC1(C2=NC(=Cc3ccccn3)NO2)CCOCC1. The number of pyridine rings is 1. The van der Waals surface area contributed by atoms with E-state index in [4.69, 9.17) is 9.57 Å². The van der Waals surface area contributed by atoms with Crippen LogP contribution in [0.15, 0.2) is 35.2 Å². The van der Waals surface area contributed by atoms with Gasteiger partial charge in [0.25, 0.3) is 0 Å². The van der Waals surface area contributed by atoms with Crippen LogP contribution in [0.1, 0.15) is 18.5 Å². The molecule has 20 heavy (non-hydrogen) atoms. The van der Waals surface area contributed by atoms with Gasteiger partial charge in [0.2, 0.25) is 5.90 Å². The Hall–Kier alpha value is -2.39. The first kappa shape index (κ1) is 12.6. The van der Waals surface area contributed by atoms with Crippen molar-refractivity contribution < 1.29 is 9.57 Å². The molecular formula is C14H14N4O2. The predicted octanol–water partition coefficient (Wildman–Crippen LogP) is 1.63. The van der Waals surface area contributed by atoms with Gasteiger partial charge < -0.3 is 9.57 Å². The molecule has 0 spiro atoms. The molecule has 0 bridgehead atoms. The van der Waals surface area contributed by atoms with E-state index in [9.17, 15) is 5.26 Å². The zero-order valence-corrected chi connectivity index (χ0v) is 10.9. The Morgan fingerprint density at radius 1 is 1.35 bits per heavy atom. The standard InChI is InChI=1S/C14H14N4O2/c15-10-14(4-7-19-8-5-14)13-17-12(18-20-13)9-11-3-1-2-6-16-11/h1-3,6,9,18H,4-5,7-8H2. The second-order valence-corrected chi connectivity index (χ2v) is 4.71. The van der Waals surface area contributed by atoms with E-state index in [2.05, 4.69) is 21.5 Å². The lowest BCUT2D eigenvalue weighted by Gasteiger charge is -2.28. The van der Waals surface area contributed by atoms with Gasteiger partial charge in [0.15, 0.2) is 5.82 Å². The van der Waals surface area contributed by atoms with Gasteiger partial charge in [-0.2, -0.15) is 10.3 Å². The zero-order valence-electron chi connectivity index (χ0n) is 10.9. The molecule has 0 amide bonds. The molecule has 2 aliphatic heterocycles.